The molecule has 142 valence electrons. The van der Waals surface area contributed by atoms with Crippen LogP contribution < -0.4 is 19.9 Å². The molecule has 2 heterocycles. The van der Waals surface area contributed by atoms with Crippen molar-refractivity contribution in [2.24, 2.45) is 0 Å². The molecule has 0 bridgehead atoms. The molecule has 0 spiro atoms. The van der Waals surface area contributed by atoms with Crippen LogP contribution in [0.3, 0.4) is 0 Å². The highest BCUT2D eigenvalue weighted by Gasteiger charge is 2.25. The number of ether oxygens (including phenoxy) is 1. The second-order valence-corrected chi connectivity index (χ2v) is 7.76. The largest absolute Gasteiger partial charge is 0.493 e. The van der Waals surface area contributed by atoms with Crippen molar-refractivity contribution < 1.29 is 19.3 Å². The average Bonchev–Trinajstić information content (AvgIpc) is 3.13. The quantitative estimate of drug-likeness (QED) is 0.689. The second kappa shape index (κ2) is 8.11. The first-order valence-corrected chi connectivity index (χ1v) is 9.94. The summed E-state index contributed by atoms with van der Waals surface area (Å²) >= 11 is 0. The Morgan fingerprint density at radius 1 is 1.07 bits per heavy atom. The first kappa shape index (κ1) is 18.0. The molecule has 0 aliphatic carbocycles. The minimum Gasteiger partial charge on any atom is -0.493 e. The Labute approximate surface area is 160 Å². The molecule has 0 saturated carbocycles. The molecule has 1 amide bonds. The number of anilines is 1. The summed E-state index contributed by atoms with van der Waals surface area (Å²) in [5, 5.41) is 3.05. The van der Waals surface area contributed by atoms with Gasteiger partial charge in [0.05, 0.1) is 6.61 Å². The van der Waals surface area contributed by atoms with E-state index in [-0.39, 0.29) is 5.91 Å². The Bertz CT molecular complexity index is 813. The first-order chi connectivity index (χ1) is 13.2. The van der Waals surface area contributed by atoms with Crippen LogP contribution in [-0.2, 0) is 17.8 Å². The molecule has 1 fully saturated rings. The molecular weight excluding hydrogens is 338 g/mol. The minimum absolute atomic E-state index is 0.112. The number of para-hydroxylation sites is 1. The Hall–Kier alpha value is -2.37. The molecule has 1 saturated heterocycles. The number of nitrogens with one attached hydrogen (secondary N) is 3. The molecule has 0 radical (unpaired) electrons. The Morgan fingerprint density at radius 3 is 2.67 bits per heavy atom. The number of amides is 1. The highest BCUT2D eigenvalue weighted by Crippen LogP contribution is 2.25. The summed E-state index contributed by atoms with van der Waals surface area (Å²) in [7, 11) is 0. The zero-order valence-electron chi connectivity index (χ0n) is 16.0. The van der Waals surface area contributed by atoms with Gasteiger partial charge in [-0.2, -0.15) is 0 Å². The molecule has 2 aromatic rings. The molecular formula is C22H29N3O2+2. The summed E-state index contributed by atoms with van der Waals surface area (Å²) < 4.78 is 5.60. The van der Waals surface area contributed by atoms with Gasteiger partial charge in [-0.15, -0.1) is 0 Å². The number of quaternary nitrogens is 2. The van der Waals surface area contributed by atoms with Gasteiger partial charge in [0.25, 0.3) is 5.91 Å². The van der Waals surface area contributed by atoms with Crippen LogP contribution in [-0.4, -0.2) is 45.2 Å². The van der Waals surface area contributed by atoms with Crippen LogP contribution in [0.4, 0.5) is 5.69 Å². The first-order valence-electron chi connectivity index (χ1n) is 9.94. The van der Waals surface area contributed by atoms with E-state index in [2.05, 4.69) is 23.5 Å². The van der Waals surface area contributed by atoms with Gasteiger partial charge in [-0.3, -0.25) is 4.79 Å². The summed E-state index contributed by atoms with van der Waals surface area (Å²) in [6, 6.07) is 14.6. The van der Waals surface area contributed by atoms with E-state index in [1.165, 1.54) is 16.0 Å². The lowest BCUT2D eigenvalue weighted by Gasteiger charge is -2.29. The van der Waals surface area contributed by atoms with Gasteiger partial charge in [-0.1, -0.05) is 18.2 Å². The zero-order chi connectivity index (χ0) is 18.6. The van der Waals surface area contributed by atoms with Crippen LogP contribution in [0.5, 0.6) is 5.75 Å². The minimum atomic E-state index is 0.112. The molecule has 0 atom stereocenters. The third-order valence-corrected chi connectivity index (χ3v) is 5.70. The number of hydrogen-bond donors (Lipinski definition) is 3. The van der Waals surface area contributed by atoms with E-state index in [0.29, 0.717) is 6.54 Å². The molecule has 0 unspecified atom stereocenters. The normalized spacial score (nSPS) is 21.4. The van der Waals surface area contributed by atoms with Crippen molar-refractivity contribution in [3.05, 3.63) is 59.2 Å². The van der Waals surface area contributed by atoms with E-state index >= 15 is 0 Å². The zero-order valence-corrected chi connectivity index (χ0v) is 16.0. The molecule has 2 aliphatic heterocycles. The van der Waals surface area contributed by atoms with E-state index in [0.717, 1.165) is 62.8 Å². The van der Waals surface area contributed by atoms with E-state index in [1.807, 2.05) is 31.2 Å². The van der Waals surface area contributed by atoms with Gasteiger partial charge >= 0.3 is 0 Å². The van der Waals surface area contributed by atoms with Gasteiger partial charge in [0.1, 0.15) is 38.5 Å². The topological polar surface area (TPSA) is 47.2 Å². The number of benzene rings is 2. The molecule has 3 N–H and O–H groups in total. The number of piperazine rings is 1. The number of aryl methyl sites for hydroxylation is 1. The van der Waals surface area contributed by atoms with Crippen molar-refractivity contribution in [1.29, 1.82) is 0 Å². The lowest BCUT2D eigenvalue weighted by atomic mass is 10.1. The van der Waals surface area contributed by atoms with E-state index in [1.54, 1.807) is 4.90 Å². The van der Waals surface area contributed by atoms with Gasteiger partial charge in [-0.05, 0) is 42.3 Å². The van der Waals surface area contributed by atoms with E-state index < -0.39 is 0 Å². The summed E-state index contributed by atoms with van der Waals surface area (Å²) in [5.41, 5.74) is 4.78. The van der Waals surface area contributed by atoms with Crippen LogP contribution in [0.15, 0.2) is 42.5 Å². The highest BCUT2D eigenvalue weighted by atomic mass is 16.5. The van der Waals surface area contributed by atoms with Gasteiger partial charge in [0.2, 0.25) is 0 Å². The Balaban J connectivity index is 1.24. The average molecular weight is 367 g/mol. The van der Waals surface area contributed by atoms with Crippen molar-refractivity contribution in [2.45, 2.75) is 19.9 Å². The van der Waals surface area contributed by atoms with Gasteiger partial charge in [0.15, 0.2) is 6.54 Å². The van der Waals surface area contributed by atoms with E-state index in [9.17, 15) is 4.79 Å². The number of carbonyl (C=O) groups is 1. The standard InChI is InChI=1S/C22H27N3O2/c1-17-4-2-3-5-20(17)23-22(26)16-25-11-9-24(10-12-25)15-18-6-7-21-19(14-18)8-13-27-21/h2-7,14H,8-13,15-16H2,1H3,(H,23,26)/p+2. The fraction of sp³-hybridized carbons (Fsp3) is 0.409. The number of fused-ring (bicyclic) bond motifs is 1. The maximum absolute atomic E-state index is 12.4. The predicted molar refractivity (Wildman–Crippen MR) is 105 cm³/mol. The fourth-order valence-corrected chi connectivity index (χ4v) is 4.08. The van der Waals surface area contributed by atoms with Crippen LogP contribution in [0.2, 0.25) is 0 Å². The second-order valence-electron chi connectivity index (χ2n) is 7.76. The molecule has 0 aromatic heterocycles. The van der Waals surface area contributed by atoms with Crippen LogP contribution in [0, 0.1) is 6.92 Å². The Morgan fingerprint density at radius 2 is 1.85 bits per heavy atom. The van der Waals surface area contributed by atoms with E-state index in [4.69, 9.17) is 4.74 Å². The Kier molecular flexibility index (Phi) is 5.41. The third kappa shape index (κ3) is 4.49. The molecule has 5 heteroatoms. The van der Waals surface area contributed by atoms with Crippen molar-refractivity contribution in [3.63, 3.8) is 0 Å². The monoisotopic (exact) mass is 367 g/mol. The summed E-state index contributed by atoms with van der Waals surface area (Å²) in [4.78, 5) is 15.4. The SMILES string of the molecule is Cc1ccccc1NC(=O)C[NH+]1CC[NH+](Cc2ccc3c(c2)CCO3)CC1. The maximum Gasteiger partial charge on any atom is 0.279 e. The molecule has 2 aliphatic rings. The van der Waals surface area contributed by atoms with Crippen LogP contribution in [0.1, 0.15) is 16.7 Å². The molecule has 4 rings (SSSR count). The number of rotatable bonds is 5. The summed E-state index contributed by atoms with van der Waals surface area (Å²) in [5.74, 6) is 1.17. The number of hydrogen-bond acceptors (Lipinski definition) is 2. The van der Waals surface area contributed by atoms with Gasteiger partial charge in [-0.25, -0.2) is 0 Å². The maximum atomic E-state index is 12.4. The predicted octanol–water partition coefficient (Wildman–Crippen LogP) is -0.148. The number of carbonyl (C=O) groups excluding carboxylic acids is 1. The van der Waals surface area contributed by atoms with Crippen LogP contribution >= 0.6 is 0 Å². The van der Waals surface area contributed by atoms with Crippen molar-refractivity contribution in [1.82, 2.24) is 0 Å². The van der Waals surface area contributed by atoms with Gasteiger partial charge in [0, 0.05) is 17.7 Å². The third-order valence-electron chi connectivity index (χ3n) is 5.70. The van der Waals surface area contributed by atoms with Crippen molar-refractivity contribution >= 4 is 11.6 Å². The lowest BCUT2D eigenvalue weighted by Crippen LogP contribution is -3.28. The molecule has 27 heavy (non-hydrogen) atoms. The van der Waals surface area contributed by atoms with Crippen molar-refractivity contribution in [2.75, 3.05) is 44.6 Å². The molecule has 5 nitrogen and oxygen atoms in total. The van der Waals surface area contributed by atoms with Crippen molar-refractivity contribution in [3.8, 4) is 5.75 Å². The smallest absolute Gasteiger partial charge is 0.279 e. The van der Waals surface area contributed by atoms with Crippen LogP contribution in [0.25, 0.3) is 0 Å². The van der Waals surface area contributed by atoms with Gasteiger partial charge < -0.3 is 19.9 Å². The summed E-state index contributed by atoms with van der Waals surface area (Å²) in [6.45, 7) is 8.78. The lowest BCUT2D eigenvalue weighted by molar-refractivity contribution is -1.02. The fourth-order valence-electron chi connectivity index (χ4n) is 4.08. The molecule has 2 aromatic carbocycles. The summed E-state index contributed by atoms with van der Waals surface area (Å²) in [6.07, 6.45) is 1.03. The highest BCUT2D eigenvalue weighted by molar-refractivity contribution is 5.92.